The van der Waals surface area contributed by atoms with Crippen LogP contribution in [0.5, 0.6) is 0 Å². The maximum Gasteiger partial charge on any atom is 0.253 e. The lowest BCUT2D eigenvalue weighted by Crippen LogP contribution is -2.33. The second kappa shape index (κ2) is 7.61. The number of imidazole rings is 1. The zero-order valence-electron chi connectivity index (χ0n) is 15.3. The van der Waals surface area contributed by atoms with Crippen LogP contribution >= 0.6 is 11.6 Å². The molecule has 0 fully saturated rings. The first-order valence-electron chi connectivity index (χ1n) is 8.91. The fraction of sp³-hybridized carbons (Fsp3) is 0.250. The molecule has 1 aliphatic heterocycles. The van der Waals surface area contributed by atoms with Crippen LogP contribution in [0.2, 0.25) is 5.02 Å². The minimum Gasteiger partial charge on any atom is -0.383 e. The second-order valence-corrected chi connectivity index (χ2v) is 6.96. The van der Waals surface area contributed by atoms with E-state index in [1.165, 1.54) is 0 Å². The number of aromatic nitrogens is 2. The van der Waals surface area contributed by atoms with Gasteiger partial charge in [0.15, 0.2) is 0 Å². The number of methoxy groups -OCH3 is 1. The molecular formula is C20H19ClN4O3. The van der Waals surface area contributed by atoms with Crippen LogP contribution < -0.4 is 10.2 Å². The highest BCUT2D eigenvalue weighted by Gasteiger charge is 2.40. The second-order valence-electron chi connectivity index (χ2n) is 6.53. The molecule has 1 atom stereocenters. The number of benzene rings is 2. The molecule has 28 heavy (non-hydrogen) atoms. The number of anilines is 2. The van der Waals surface area contributed by atoms with E-state index in [2.05, 4.69) is 10.3 Å². The van der Waals surface area contributed by atoms with Crippen molar-refractivity contribution in [2.24, 2.45) is 0 Å². The molecule has 2 amide bonds. The zero-order chi connectivity index (χ0) is 19.7. The Morgan fingerprint density at radius 1 is 1.21 bits per heavy atom. The Bertz CT molecular complexity index is 1030. The SMILES string of the molecule is COCCN1C(=O)[C@H](CC(=O)Nc2ccc(Cl)cc2)n2c1nc1ccccc12. The normalized spacial score (nSPS) is 15.9. The third-order valence-electron chi connectivity index (χ3n) is 4.71. The van der Waals surface area contributed by atoms with Gasteiger partial charge >= 0.3 is 0 Å². The van der Waals surface area contributed by atoms with Crippen LogP contribution in [0.1, 0.15) is 12.5 Å². The number of halogens is 1. The number of hydrogen-bond acceptors (Lipinski definition) is 4. The number of nitrogens with zero attached hydrogens (tertiary/aromatic N) is 3. The summed E-state index contributed by atoms with van der Waals surface area (Å²) in [6.07, 6.45) is 0.0122. The number of para-hydroxylation sites is 2. The van der Waals surface area contributed by atoms with Gasteiger partial charge in [0.25, 0.3) is 5.91 Å². The number of carbonyl (C=O) groups excluding carboxylic acids is 2. The van der Waals surface area contributed by atoms with E-state index in [-0.39, 0.29) is 18.2 Å². The van der Waals surface area contributed by atoms with Gasteiger partial charge in [-0.25, -0.2) is 4.98 Å². The van der Waals surface area contributed by atoms with E-state index < -0.39 is 6.04 Å². The third-order valence-corrected chi connectivity index (χ3v) is 4.96. The van der Waals surface area contributed by atoms with Crippen LogP contribution in [0.3, 0.4) is 0 Å². The van der Waals surface area contributed by atoms with Crippen LogP contribution in [0.15, 0.2) is 48.5 Å². The molecule has 1 aromatic heterocycles. The third kappa shape index (κ3) is 3.34. The lowest BCUT2D eigenvalue weighted by atomic mass is 10.1. The van der Waals surface area contributed by atoms with Crippen molar-refractivity contribution in [3.63, 3.8) is 0 Å². The highest BCUT2D eigenvalue weighted by atomic mass is 35.5. The minimum absolute atomic E-state index is 0.0122. The van der Waals surface area contributed by atoms with Gasteiger partial charge in [-0.2, -0.15) is 0 Å². The lowest BCUT2D eigenvalue weighted by Gasteiger charge is -2.15. The predicted octanol–water partition coefficient (Wildman–Crippen LogP) is 3.25. The minimum atomic E-state index is -0.647. The highest BCUT2D eigenvalue weighted by molar-refractivity contribution is 6.30. The van der Waals surface area contributed by atoms with Crippen LogP contribution in [0.25, 0.3) is 11.0 Å². The standard InChI is InChI=1S/C20H19ClN4O3/c1-28-11-10-24-19(27)17(12-18(26)22-14-8-6-13(21)7-9-14)25-16-5-3-2-4-15(16)23-20(24)25/h2-9,17H,10-12H2,1H3,(H,22,26)/t17-/m0/s1. The summed E-state index contributed by atoms with van der Waals surface area (Å²) in [7, 11) is 1.58. The molecule has 0 spiro atoms. The number of ether oxygens (including phenoxy) is 1. The average Bonchev–Trinajstić information content (AvgIpc) is 3.17. The molecule has 0 bridgehead atoms. The maximum absolute atomic E-state index is 13.0. The summed E-state index contributed by atoms with van der Waals surface area (Å²) < 4.78 is 6.97. The molecule has 3 aromatic rings. The van der Waals surface area contributed by atoms with E-state index in [1.54, 1.807) is 36.3 Å². The summed E-state index contributed by atoms with van der Waals surface area (Å²) >= 11 is 5.88. The monoisotopic (exact) mass is 398 g/mol. The van der Waals surface area contributed by atoms with Crippen molar-refractivity contribution in [2.75, 3.05) is 30.5 Å². The number of carbonyl (C=O) groups is 2. The molecule has 7 nitrogen and oxygen atoms in total. The van der Waals surface area contributed by atoms with Crippen molar-refractivity contribution < 1.29 is 14.3 Å². The molecule has 1 N–H and O–H groups in total. The van der Waals surface area contributed by atoms with Gasteiger partial charge in [0.2, 0.25) is 11.9 Å². The van der Waals surface area contributed by atoms with E-state index in [0.717, 1.165) is 11.0 Å². The molecule has 4 rings (SSSR count). The van der Waals surface area contributed by atoms with Gasteiger partial charge in [0, 0.05) is 17.8 Å². The quantitative estimate of drug-likeness (QED) is 0.691. The molecule has 0 saturated carbocycles. The Morgan fingerprint density at radius 2 is 1.96 bits per heavy atom. The summed E-state index contributed by atoms with van der Waals surface area (Å²) in [5.41, 5.74) is 2.25. The summed E-state index contributed by atoms with van der Waals surface area (Å²) in [5.74, 6) is 0.141. The van der Waals surface area contributed by atoms with Crippen molar-refractivity contribution in [2.45, 2.75) is 12.5 Å². The van der Waals surface area contributed by atoms with Gasteiger partial charge in [0.1, 0.15) is 6.04 Å². The molecule has 1 aliphatic rings. The van der Waals surface area contributed by atoms with Crippen molar-refractivity contribution in [3.8, 4) is 0 Å². The summed E-state index contributed by atoms with van der Waals surface area (Å²) in [6, 6.07) is 13.8. The van der Waals surface area contributed by atoms with Crippen molar-refractivity contribution in [1.29, 1.82) is 0 Å². The summed E-state index contributed by atoms with van der Waals surface area (Å²) in [5, 5.41) is 3.41. The van der Waals surface area contributed by atoms with E-state index in [1.807, 2.05) is 28.8 Å². The molecule has 144 valence electrons. The average molecular weight is 399 g/mol. The fourth-order valence-electron chi connectivity index (χ4n) is 3.41. The molecule has 0 saturated heterocycles. The molecular weight excluding hydrogens is 380 g/mol. The van der Waals surface area contributed by atoms with Gasteiger partial charge in [-0.3, -0.25) is 19.1 Å². The zero-order valence-corrected chi connectivity index (χ0v) is 16.0. The Hall–Kier alpha value is -2.90. The molecule has 0 radical (unpaired) electrons. The number of amides is 2. The van der Waals surface area contributed by atoms with E-state index in [4.69, 9.17) is 16.3 Å². The summed E-state index contributed by atoms with van der Waals surface area (Å²) in [6.45, 7) is 0.770. The van der Waals surface area contributed by atoms with E-state index in [0.29, 0.717) is 29.8 Å². The molecule has 0 aliphatic carbocycles. The van der Waals surface area contributed by atoms with Crippen molar-refractivity contribution >= 4 is 46.1 Å². The Morgan fingerprint density at radius 3 is 2.71 bits per heavy atom. The van der Waals surface area contributed by atoms with Gasteiger partial charge in [0.05, 0.1) is 30.6 Å². The molecule has 2 heterocycles. The topological polar surface area (TPSA) is 76.5 Å². The van der Waals surface area contributed by atoms with Crippen molar-refractivity contribution in [1.82, 2.24) is 9.55 Å². The lowest BCUT2D eigenvalue weighted by molar-refractivity contribution is -0.124. The van der Waals surface area contributed by atoms with Crippen molar-refractivity contribution in [3.05, 3.63) is 53.6 Å². The van der Waals surface area contributed by atoms with Gasteiger partial charge < -0.3 is 10.1 Å². The first-order valence-corrected chi connectivity index (χ1v) is 9.29. The number of hydrogen-bond donors (Lipinski definition) is 1. The van der Waals surface area contributed by atoms with Crippen LogP contribution in [0.4, 0.5) is 11.6 Å². The van der Waals surface area contributed by atoms with Crippen LogP contribution in [0, 0.1) is 0 Å². The van der Waals surface area contributed by atoms with E-state index in [9.17, 15) is 9.59 Å². The van der Waals surface area contributed by atoms with Crippen LogP contribution in [-0.4, -0.2) is 41.6 Å². The summed E-state index contributed by atoms with van der Waals surface area (Å²) in [4.78, 5) is 31.8. The Labute approximate surface area is 166 Å². The van der Waals surface area contributed by atoms with E-state index >= 15 is 0 Å². The van der Waals surface area contributed by atoms with Gasteiger partial charge in [-0.1, -0.05) is 23.7 Å². The smallest absolute Gasteiger partial charge is 0.253 e. The maximum atomic E-state index is 13.0. The first-order chi connectivity index (χ1) is 13.6. The largest absolute Gasteiger partial charge is 0.383 e. The van der Waals surface area contributed by atoms with Gasteiger partial charge in [-0.05, 0) is 36.4 Å². The molecule has 8 heteroatoms. The number of rotatable bonds is 6. The predicted molar refractivity (Wildman–Crippen MR) is 108 cm³/mol. The fourth-order valence-corrected chi connectivity index (χ4v) is 3.54. The molecule has 2 aromatic carbocycles. The Kier molecular flexibility index (Phi) is 5.02. The highest BCUT2D eigenvalue weighted by Crippen LogP contribution is 2.36. The number of fused-ring (bicyclic) bond motifs is 3. The Balaban J connectivity index is 1.62. The first kappa shape index (κ1) is 18.5. The molecule has 0 unspecified atom stereocenters. The number of nitrogens with one attached hydrogen (secondary N) is 1. The van der Waals surface area contributed by atoms with Crippen LogP contribution in [-0.2, 0) is 14.3 Å². The van der Waals surface area contributed by atoms with Gasteiger partial charge in [-0.15, -0.1) is 0 Å².